The Hall–Kier alpha value is -0.450. The zero-order valence-corrected chi connectivity index (χ0v) is 10.1. The van der Waals surface area contributed by atoms with Crippen LogP contribution >= 0.6 is 15.9 Å². The highest BCUT2D eigenvalue weighted by molar-refractivity contribution is 9.10. The molecule has 0 atom stereocenters. The summed E-state index contributed by atoms with van der Waals surface area (Å²) in [6.07, 6.45) is 0. The number of ether oxygens (including phenoxy) is 1. The van der Waals surface area contributed by atoms with Crippen molar-refractivity contribution in [3.8, 4) is 0 Å². The van der Waals surface area contributed by atoms with Gasteiger partial charge >= 0.3 is 0 Å². The van der Waals surface area contributed by atoms with Crippen molar-refractivity contribution >= 4 is 15.9 Å². The van der Waals surface area contributed by atoms with Gasteiger partial charge < -0.3 is 10.1 Å². The van der Waals surface area contributed by atoms with Crippen LogP contribution in [0.25, 0.3) is 0 Å². The molecule has 1 saturated heterocycles. The Bertz CT molecular complexity index is 366. The SMILES string of the molecule is CC1(OCc2ccc(F)c(Br)c2)CNC1. The lowest BCUT2D eigenvalue weighted by molar-refractivity contribution is -0.0767. The second-order valence-electron chi connectivity index (χ2n) is 4.09. The molecule has 0 amide bonds. The van der Waals surface area contributed by atoms with E-state index >= 15 is 0 Å². The Kier molecular flexibility index (Phi) is 3.09. The minimum absolute atomic E-state index is 0.0547. The summed E-state index contributed by atoms with van der Waals surface area (Å²) in [5.74, 6) is -0.240. The first-order chi connectivity index (χ1) is 7.09. The van der Waals surface area contributed by atoms with Gasteiger partial charge in [0.15, 0.2) is 0 Å². The van der Waals surface area contributed by atoms with E-state index in [1.54, 1.807) is 12.1 Å². The van der Waals surface area contributed by atoms with Crippen LogP contribution in [0.1, 0.15) is 12.5 Å². The van der Waals surface area contributed by atoms with Crippen LogP contribution in [-0.4, -0.2) is 18.7 Å². The molecule has 82 valence electrons. The van der Waals surface area contributed by atoms with Crippen LogP contribution in [0.3, 0.4) is 0 Å². The van der Waals surface area contributed by atoms with Gasteiger partial charge in [0.2, 0.25) is 0 Å². The molecule has 1 heterocycles. The minimum Gasteiger partial charge on any atom is -0.368 e. The van der Waals surface area contributed by atoms with Gasteiger partial charge in [-0.3, -0.25) is 0 Å². The molecule has 1 N–H and O–H groups in total. The number of hydrogen-bond donors (Lipinski definition) is 1. The third kappa shape index (κ3) is 2.56. The molecule has 1 aromatic carbocycles. The predicted molar refractivity (Wildman–Crippen MR) is 60.2 cm³/mol. The van der Waals surface area contributed by atoms with Crippen LogP contribution in [0.4, 0.5) is 4.39 Å². The highest BCUT2D eigenvalue weighted by Gasteiger charge is 2.32. The number of halogens is 2. The van der Waals surface area contributed by atoms with Gasteiger partial charge in [0.25, 0.3) is 0 Å². The molecule has 0 spiro atoms. The maximum atomic E-state index is 13.0. The molecular formula is C11H13BrFNO. The fraction of sp³-hybridized carbons (Fsp3) is 0.455. The third-order valence-corrected chi connectivity index (χ3v) is 3.18. The highest BCUT2D eigenvalue weighted by Crippen LogP contribution is 2.21. The second-order valence-corrected chi connectivity index (χ2v) is 4.94. The normalized spacial score (nSPS) is 18.6. The second kappa shape index (κ2) is 4.20. The largest absolute Gasteiger partial charge is 0.368 e. The summed E-state index contributed by atoms with van der Waals surface area (Å²) in [6, 6.07) is 4.95. The van der Waals surface area contributed by atoms with Crippen molar-refractivity contribution < 1.29 is 9.13 Å². The molecule has 1 fully saturated rings. The van der Waals surface area contributed by atoms with E-state index in [1.807, 2.05) is 0 Å². The standard InChI is InChI=1S/C11H13BrFNO/c1-11(6-14-7-11)15-5-8-2-3-10(13)9(12)4-8/h2-4,14H,5-7H2,1H3. The van der Waals surface area contributed by atoms with Crippen LogP contribution in [-0.2, 0) is 11.3 Å². The summed E-state index contributed by atoms with van der Waals surface area (Å²) in [6.45, 7) is 4.36. The van der Waals surface area contributed by atoms with E-state index in [1.165, 1.54) is 6.07 Å². The van der Waals surface area contributed by atoms with E-state index in [0.717, 1.165) is 18.7 Å². The van der Waals surface area contributed by atoms with Gasteiger partial charge in [0, 0.05) is 13.1 Å². The summed E-state index contributed by atoms with van der Waals surface area (Å²) in [5, 5.41) is 3.16. The molecule has 0 aromatic heterocycles. The number of benzene rings is 1. The topological polar surface area (TPSA) is 21.3 Å². The van der Waals surface area contributed by atoms with Crippen molar-refractivity contribution in [1.29, 1.82) is 0 Å². The van der Waals surface area contributed by atoms with Crippen LogP contribution in [0, 0.1) is 5.82 Å². The van der Waals surface area contributed by atoms with Crippen molar-refractivity contribution in [2.24, 2.45) is 0 Å². The van der Waals surface area contributed by atoms with Crippen molar-refractivity contribution in [3.05, 3.63) is 34.1 Å². The monoisotopic (exact) mass is 273 g/mol. The molecule has 1 aliphatic heterocycles. The fourth-order valence-corrected chi connectivity index (χ4v) is 1.89. The van der Waals surface area contributed by atoms with Crippen LogP contribution in [0.15, 0.2) is 22.7 Å². The molecule has 1 aliphatic rings. The van der Waals surface area contributed by atoms with Crippen molar-refractivity contribution in [1.82, 2.24) is 5.32 Å². The van der Waals surface area contributed by atoms with Gasteiger partial charge in [-0.2, -0.15) is 0 Å². The van der Waals surface area contributed by atoms with Crippen molar-refractivity contribution in [2.45, 2.75) is 19.1 Å². The molecule has 4 heteroatoms. The van der Waals surface area contributed by atoms with Crippen LogP contribution in [0.2, 0.25) is 0 Å². The first kappa shape index (κ1) is 11.0. The average Bonchev–Trinajstić information content (AvgIpc) is 2.17. The van der Waals surface area contributed by atoms with E-state index in [4.69, 9.17) is 4.74 Å². The van der Waals surface area contributed by atoms with E-state index < -0.39 is 0 Å². The molecule has 1 aromatic rings. The summed E-state index contributed by atoms with van der Waals surface area (Å²) in [5.41, 5.74) is 0.928. The molecule has 2 rings (SSSR count). The smallest absolute Gasteiger partial charge is 0.137 e. The summed E-state index contributed by atoms with van der Waals surface area (Å²) in [4.78, 5) is 0. The maximum Gasteiger partial charge on any atom is 0.137 e. The maximum absolute atomic E-state index is 13.0. The summed E-state index contributed by atoms with van der Waals surface area (Å²) >= 11 is 3.15. The predicted octanol–water partition coefficient (Wildman–Crippen LogP) is 2.47. The summed E-state index contributed by atoms with van der Waals surface area (Å²) in [7, 11) is 0. The zero-order chi connectivity index (χ0) is 10.9. The highest BCUT2D eigenvalue weighted by atomic mass is 79.9. The number of hydrogen-bond acceptors (Lipinski definition) is 2. The minimum atomic E-state index is -0.240. The van der Waals surface area contributed by atoms with Gasteiger partial charge in [-0.25, -0.2) is 4.39 Å². The third-order valence-electron chi connectivity index (χ3n) is 2.57. The van der Waals surface area contributed by atoms with Gasteiger partial charge in [-0.1, -0.05) is 6.07 Å². The lowest BCUT2D eigenvalue weighted by atomic mass is 10.00. The first-order valence-corrected chi connectivity index (χ1v) is 5.67. The van der Waals surface area contributed by atoms with E-state index in [9.17, 15) is 4.39 Å². The first-order valence-electron chi connectivity index (χ1n) is 4.88. The molecule has 0 aliphatic carbocycles. The Morgan fingerprint density at radius 1 is 1.53 bits per heavy atom. The Morgan fingerprint density at radius 2 is 2.27 bits per heavy atom. The quantitative estimate of drug-likeness (QED) is 0.914. The van der Waals surface area contributed by atoms with E-state index in [2.05, 4.69) is 28.2 Å². The molecule has 15 heavy (non-hydrogen) atoms. The molecule has 0 unspecified atom stereocenters. The number of nitrogens with one attached hydrogen (secondary N) is 1. The van der Waals surface area contributed by atoms with Crippen molar-refractivity contribution in [2.75, 3.05) is 13.1 Å². The average molecular weight is 274 g/mol. The lowest BCUT2D eigenvalue weighted by Crippen LogP contribution is -2.58. The van der Waals surface area contributed by atoms with Crippen LogP contribution < -0.4 is 5.32 Å². The molecule has 0 saturated carbocycles. The molecule has 0 bridgehead atoms. The van der Waals surface area contributed by atoms with E-state index in [0.29, 0.717) is 11.1 Å². The fourth-order valence-electron chi connectivity index (χ4n) is 1.47. The van der Waals surface area contributed by atoms with Crippen molar-refractivity contribution in [3.63, 3.8) is 0 Å². The Balaban J connectivity index is 1.96. The Morgan fingerprint density at radius 3 is 2.80 bits per heavy atom. The molecule has 0 radical (unpaired) electrons. The van der Waals surface area contributed by atoms with Gasteiger partial charge in [0.1, 0.15) is 5.82 Å². The van der Waals surface area contributed by atoms with Gasteiger partial charge in [-0.15, -0.1) is 0 Å². The molecule has 2 nitrogen and oxygen atoms in total. The van der Waals surface area contributed by atoms with Gasteiger partial charge in [0.05, 0.1) is 16.7 Å². The lowest BCUT2D eigenvalue weighted by Gasteiger charge is -2.39. The van der Waals surface area contributed by atoms with Crippen LogP contribution in [0.5, 0.6) is 0 Å². The Labute approximate surface area is 96.9 Å². The zero-order valence-electron chi connectivity index (χ0n) is 8.52. The van der Waals surface area contributed by atoms with Gasteiger partial charge in [-0.05, 0) is 40.5 Å². The summed E-state index contributed by atoms with van der Waals surface area (Å²) < 4.78 is 19.2. The van der Waals surface area contributed by atoms with E-state index in [-0.39, 0.29) is 11.4 Å². The molecular weight excluding hydrogens is 261 g/mol. The number of rotatable bonds is 3.